The number of ether oxygens (including phenoxy) is 2. The van der Waals surface area contributed by atoms with Crippen molar-refractivity contribution in [2.45, 2.75) is 13.2 Å². The fourth-order valence-corrected chi connectivity index (χ4v) is 3.29. The van der Waals surface area contributed by atoms with E-state index in [1.807, 2.05) is 30.3 Å². The van der Waals surface area contributed by atoms with Crippen molar-refractivity contribution in [2.24, 2.45) is 0 Å². The van der Waals surface area contributed by atoms with Gasteiger partial charge in [-0.25, -0.2) is 4.39 Å². The van der Waals surface area contributed by atoms with Gasteiger partial charge in [0.1, 0.15) is 12.4 Å². The Morgan fingerprint density at radius 2 is 1.71 bits per heavy atom. The lowest BCUT2D eigenvalue weighted by atomic mass is 10.2. The average molecular weight is 485 g/mol. The van der Waals surface area contributed by atoms with Gasteiger partial charge in [0.25, 0.3) is 0 Å². The van der Waals surface area contributed by atoms with Crippen molar-refractivity contribution in [1.82, 2.24) is 0 Å². The minimum Gasteiger partial charge on any atom is -0.493 e. The van der Waals surface area contributed by atoms with Gasteiger partial charge in [0, 0.05) is 16.7 Å². The molecule has 0 aromatic heterocycles. The Labute approximate surface area is 181 Å². The van der Waals surface area contributed by atoms with Crippen LogP contribution in [-0.2, 0) is 13.2 Å². The highest BCUT2D eigenvalue weighted by Gasteiger charge is 2.13. The van der Waals surface area contributed by atoms with Gasteiger partial charge in [0.15, 0.2) is 11.5 Å². The van der Waals surface area contributed by atoms with E-state index in [9.17, 15) is 4.39 Å². The third-order valence-corrected chi connectivity index (χ3v) is 5.10. The second kappa shape index (κ2) is 9.50. The van der Waals surface area contributed by atoms with Gasteiger partial charge in [-0.3, -0.25) is 0 Å². The van der Waals surface area contributed by atoms with Gasteiger partial charge in [0.05, 0.1) is 17.2 Å². The predicted octanol–water partition coefficient (Wildman–Crippen LogP) is 7.09. The van der Waals surface area contributed by atoms with E-state index in [0.29, 0.717) is 35.4 Å². The van der Waals surface area contributed by atoms with Gasteiger partial charge in [0.2, 0.25) is 0 Å². The monoisotopic (exact) mass is 483 g/mol. The Morgan fingerprint density at radius 1 is 0.964 bits per heavy atom. The fourth-order valence-electron chi connectivity index (χ4n) is 2.56. The molecule has 3 aromatic rings. The lowest BCUT2D eigenvalue weighted by Crippen LogP contribution is -2.03. The van der Waals surface area contributed by atoms with E-state index < -0.39 is 5.82 Å². The Hall–Kier alpha value is -1.95. The van der Waals surface area contributed by atoms with Gasteiger partial charge >= 0.3 is 0 Å². The summed E-state index contributed by atoms with van der Waals surface area (Å²) in [6.07, 6.45) is 0. The van der Waals surface area contributed by atoms with Gasteiger partial charge in [-0.05, 0) is 53.6 Å². The molecule has 0 aliphatic carbocycles. The molecule has 0 fully saturated rings. The van der Waals surface area contributed by atoms with Crippen molar-refractivity contribution < 1.29 is 13.9 Å². The Morgan fingerprint density at radius 3 is 2.39 bits per heavy atom. The Kier molecular flexibility index (Phi) is 7.05. The number of nitrogens with one attached hydrogen (secondary N) is 1. The fraction of sp³-hybridized carbons (Fsp3) is 0.143. The third kappa shape index (κ3) is 5.31. The lowest BCUT2D eigenvalue weighted by Gasteiger charge is -2.15. The smallest absolute Gasteiger partial charge is 0.180 e. The van der Waals surface area contributed by atoms with Crippen molar-refractivity contribution in [3.8, 4) is 11.5 Å². The van der Waals surface area contributed by atoms with Gasteiger partial charge in [-0.2, -0.15) is 0 Å². The topological polar surface area (TPSA) is 30.5 Å². The van der Waals surface area contributed by atoms with Crippen molar-refractivity contribution in [1.29, 1.82) is 0 Å². The van der Waals surface area contributed by atoms with Crippen molar-refractivity contribution in [2.75, 3.05) is 12.4 Å². The summed E-state index contributed by atoms with van der Waals surface area (Å²) in [6, 6.07) is 16.0. The van der Waals surface area contributed by atoms with Crippen LogP contribution >= 0.6 is 39.1 Å². The summed E-state index contributed by atoms with van der Waals surface area (Å²) in [4.78, 5) is 0. The molecular formula is C21H17BrCl2FNO2. The molecule has 7 heteroatoms. The molecule has 0 aliphatic rings. The molecule has 3 rings (SSSR count). The largest absolute Gasteiger partial charge is 0.493 e. The highest BCUT2D eigenvalue weighted by Crippen LogP contribution is 2.37. The van der Waals surface area contributed by atoms with Gasteiger partial charge in [-0.15, -0.1) is 0 Å². The van der Waals surface area contributed by atoms with Crippen LogP contribution in [0, 0.1) is 5.82 Å². The highest BCUT2D eigenvalue weighted by molar-refractivity contribution is 9.10. The van der Waals surface area contributed by atoms with Crippen LogP contribution in [0.4, 0.5) is 10.1 Å². The number of methoxy groups -OCH3 is 1. The molecule has 0 aliphatic heterocycles. The summed E-state index contributed by atoms with van der Waals surface area (Å²) < 4.78 is 25.6. The van der Waals surface area contributed by atoms with Crippen LogP contribution in [0.25, 0.3) is 0 Å². The molecule has 0 atom stereocenters. The van der Waals surface area contributed by atoms with Gasteiger partial charge in [-0.1, -0.05) is 51.3 Å². The molecule has 0 bridgehead atoms. The molecule has 146 valence electrons. The molecule has 3 aromatic carbocycles. The Bertz CT molecular complexity index is 967. The first-order valence-electron chi connectivity index (χ1n) is 8.39. The zero-order valence-electron chi connectivity index (χ0n) is 14.9. The molecule has 3 nitrogen and oxygen atoms in total. The molecule has 28 heavy (non-hydrogen) atoms. The molecule has 0 heterocycles. The zero-order valence-corrected chi connectivity index (χ0v) is 18.0. The van der Waals surface area contributed by atoms with Crippen LogP contribution in [-0.4, -0.2) is 7.11 Å². The van der Waals surface area contributed by atoms with Crippen molar-refractivity contribution >= 4 is 44.8 Å². The number of anilines is 1. The van der Waals surface area contributed by atoms with Crippen molar-refractivity contribution in [3.63, 3.8) is 0 Å². The Balaban J connectivity index is 1.71. The molecule has 0 spiro atoms. The van der Waals surface area contributed by atoms with Crippen LogP contribution in [0.5, 0.6) is 11.5 Å². The molecule has 0 radical (unpaired) electrons. The summed E-state index contributed by atoms with van der Waals surface area (Å²) in [5, 5.41) is 3.70. The first-order chi connectivity index (χ1) is 13.5. The number of hydrogen-bond acceptors (Lipinski definition) is 3. The molecule has 0 unspecified atom stereocenters. The van der Waals surface area contributed by atoms with E-state index in [1.54, 1.807) is 19.2 Å². The maximum absolute atomic E-state index is 13.3. The SMILES string of the molecule is COc1cc(CNc2ccc(F)c(Cl)c2)cc(Cl)c1OCc1ccc(Br)cc1. The summed E-state index contributed by atoms with van der Waals surface area (Å²) in [6.45, 7) is 0.833. The molecule has 1 N–H and O–H groups in total. The van der Waals surface area contributed by atoms with Crippen molar-refractivity contribution in [3.05, 3.63) is 86.1 Å². The van der Waals surface area contributed by atoms with Gasteiger partial charge < -0.3 is 14.8 Å². The van der Waals surface area contributed by atoms with E-state index in [1.165, 1.54) is 12.1 Å². The molecule has 0 saturated carbocycles. The highest BCUT2D eigenvalue weighted by atomic mass is 79.9. The molecule has 0 amide bonds. The normalized spacial score (nSPS) is 10.6. The maximum atomic E-state index is 13.3. The van der Waals surface area contributed by atoms with Crippen LogP contribution in [0.1, 0.15) is 11.1 Å². The maximum Gasteiger partial charge on any atom is 0.180 e. The summed E-state index contributed by atoms with van der Waals surface area (Å²) >= 11 is 15.6. The van der Waals surface area contributed by atoms with Crippen LogP contribution in [0.2, 0.25) is 10.0 Å². The minimum absolute atomic E-state index is 0.0669. The lowest BCUT2D eigenvalue weighted by molar-refractivity contribution is 0.284. The van der Waals surface area contributed by atoms with Crippen LogP contribution < -0.4 is 14.8 Å². The van der Waals surface area contributed by atoms with E-state index in [0.717, 1.165) is 15.6 Å². The third-order valence-electron chi connectivity index (χ3n) is 4.00. The predicted molar refractivity (Wildman–Crippen MR) is 115 cm³/mol. The first-order valence-corrected chi connectivity index (χ1v) is 9.93. The molecule has 0 saturated heterocycles. The number of halogens is 4. The van der Waals surface area contributed by atoms with E-state index in [2.05, 4.69) is 21.2 Å². The van der Waals surface area contributed by atoms with Crippen LogP contribution in [0.3, 0.4) is 0 Å². The summed E-state index contributed by atoms with van der Waals surface area (Å²) in [7, 11) is 1.56. The number of hydrogen-bond donors (Lipinski definition) is 1. The quantitative estimate of drug-likeness (QED) is 0.388. The second-order valence-electron chi connectivity index (χ2n) is 6.01. The molecular weight excluding hydrogens is 468 g/mol. The zero-order chi connectivity index (χ0) is 20.1. The van der Waals surface area contributed by atoms with E-state index >= 15 is 0 Å². The second-order valence-corrected chi connectivity index (χ2v) is 7.74. The standard InChI is InChI=1S/C21H17BrCl2FNO2/c1-27-20-9-14(11-26-16-6-7-19(25)17(23)10-16)8-18(24)21(20)28-12-13-2-4-15(22)5-3-13/h2-10,26H,11-12H2,1H3. The number of benzene rings is 3. The summed E-state index contributed by atoms with van der Waals surface area (Å²) in [5.41, 5.74) is 2.61. The average Bonchev–Trinajstić information content (AvgIpc) is 2.69. The van der Waals surface area contributed by atoms with Crippen LogP contribution in [0.15, 0.2) is 59.1 Å². The first kappa shape index (κ1) is 20.8. The summed E-state index contributed by atoms with van der Waals surface area (Å²) in [5.74, 6) is 0.573. The minimum atomic E-state index is -0.454. The van der Waals surface area contributed by atoms with E-state index in [-0.39, 0.29) is 5.02 Å². The number of rotatable bonds is 7. The van der Waals surface area contributed by atoms with E-state index in [4.69, 9.17) is 32.7 Å².